The lowest BCUT2D eigenvalue weighted by Crippen LogP contribution is -2.59. The maximum atomic E-state index is 15.5. The lowest BCUT2D eigenvalue weighted by atomic mass is 9.58. The average Bonchev–Trinajstić information content (AvgIpc) is 2.94. The maximum Gasteiger partial charge on any atom is 0.327 e. The summed E-state index contributed by atoms with van der Waals surface area (Å²) < 4.78 is 86.7. The Bertz CT molecular complexity index is 1290. The number of hydrogen-bond donors (Lipinski definition) is 0. The van der Waals surface area contributed by atoms with Crippen LogP contribution >= 0.6 is 19.2 Å². The first kappa shape index (κ1) is 24.2. The van der Waals surface area contributed by atoms with Crippen molar-refractivity contribution < 1.29 is 35.5 Å². The van der Waals surface area contributed by atoms with Crippen molar-refractivity contribution in [1.29, 1.82) is 0 Å². The molecule has 4 atom stereocenters. The molecule has 2 heterocycles. The summed E-state index contributed by atoms with van der Waals surface area (Å²) in [7, 11) is -7.60. The van der Waals surface area contributed by atoms with Crippen molar-refractivity contribution in [2.24, 2.45) is 11.3 Å². The Hall–Kier alpha value is -1.51. The number of rotatable bonds is 2. The van der Waals surface area contributed by atoms with E-state index < -0.39 is 45.1 Å². The molecule has 2 fully saturated rings. The molecular formula is C23H24ClF2O6PS. The summed E-state index contributed by atoms with van der Waals surface area (Å²) in [5.74, 6) is -2.83. The summed E-state index contributed by atoms with van der Waals surface area (Å²) in [6.07, 6.45) is 1.39. The Kier molecular flexibility index (Phi) is 5.89. The van der Waals surface area contributed by atoms with Gasteiger partial charge in [0, 0.05) is 23.0 Å². The normalized spacial score (nSPS) is 33.5. The minimum atomic E-state index is -4.28. The molecule has 1 unspecified atom stereocenters. The zero-order valence-electron chi connectivity index (χ0n) is 18.4. The number of benzene rings is 2. The standard InChI is InChI=1S/C23H24ClF2O6PS/c1-33(27)31-12-11-22(14-32-33)9-2-10-23(34(28,29)16-5-3-15(24)4-6-16)19(22)13-30-21-18(26)8-7-17(25)20(21)23/h3-8,19H,2,9-14H2,1H3/t19-,22+,23-,33?/m0/s1. The first-order valence-electron chi connectivity index (χ1n) is 11.0. The molecule has 34 heavy (non-hydrogen) atoms. The number of halogens is 3. The van der Waals surface area contributed by atoms with Crippen LogP contribution in [0.4, 0.5) is 8.78 Å². The fourth-order valence-corrected chi connectivity index (χ4v) is 9.51. The molecule has 0 N–H and O–H groups in total. The average molecular weight is 533 g/mol. The van der Waals surface area contributed by atoms with E-state index in [1.807, 2.05) is 0 Å². The minimum absolute atomic E-state index is 0.0288. The van der Waals surface area contributed by atoms with Gasteiger partial charge >= 0.3 is 7.60 Å². The van der Waals surface area contributed by atoms with Crippen LogP contribution in [0.3, 0.4) is 0 Å². The molecule has 1 spiro atoms. The number of sulfone groups is 1. The molecule has 6 nitrogen and oxygen atoms in total. The topological polar surface area (TPSA) is 78.9 Å². The van der Waals surface area contributed by atoms with Crippen molar-refractivity contribution in [3.8, 4) is 5.75 Å². The van der Waals surface area contributed by atoms with E-state index in [-0.39, 0.29) is 42.4 Å². The van der Waals surface area contributed by atoms with E-state index in [2.05, 4.69) is 0 Å². The predicted molar refractivity (Wildman–Crippen MR) is 122 cm³/mol. The van der Waals surface area contributed by atoms with Crippen molar-refractivity contribution in [3.63, 3.8) is 0 Å². The maximum absolute atomic E-state index is 15.5. The smallest absolute Gasteiger partial charge is 0.327 e. The molecule has 11 heteroatoms. The lowest BCUT2D eigenvalue weighted by Gasteiger charge is -2.55. The van der Waals surface area contributed by atoms with Gasteiger partial charge in [0.1, 0.15) is 10.6 Å². The highest BCUT2D eigenvalue weighted by Crippen LogP contribution is 2.64. The third-order valence-corrected chi connectivity index (χ3v) is 11.6. The predicted octanol–water partition coefficient (Wildman–Crippen LogP) is 5.73. The van der Waals surface area contributed by atoms with Crippen LogP contribution in [0.1, 0.15) is 31.2 Å². The molecule has 1 aliphatic carbocycles. The molecule has 3 aliphatic rings. The van der Waals surface area contributed by atoms with Gasteiger partial charge in [-0.1, -0.05) is 18.0 Å². The fourth-order valence-electron chi connectivity index (χ4n) is 5.91. The van der Waals surface area contributed by atoms with E-state index >= 15 is 4.39 Å². The highest BCUT2D eigenvalue weighted by atomic mass is 35.5. The first-order chi connectivity index (χ1) is 16.0. The van der Waals surface area contributed by atoms with Crippen LogP contribution in [0.5, 0.6) is 5.75 Å². The summed E-state index contributed by atoms with van der Waals surface area (Å²) >= 11 is 5.99. The molecule has 2 aliphatic heterocycles. The van der Waals surface area contributed by atoms with Gasteiger partial charge in [0.15, 0.2) is 21.4 Å². The van der Waals surface area contributed by atoms with Gasteiger partial charge in [-0.3, -0.25) is 4.57 Å². The van der Waals surface area contributed by atoms with Gasteiger partial charge in [0.2, 0.25) is 0 Å². The summed E-state index contributed by atoms with van der Waals surface area (Å²) in [6, 6.07) is 7.54. The molecule has 1 saturated carbocycles. The van der Waals surface area contributed by atoms with E-state index in [1.165, 1.54) is 30.9 Å². The summed E-state index contributed by atoms with van der Waals surface area (Å²) in [5, 5.41) is 0.353. The quantitative estimate of drug-likeness (QED) is 0.460. The molecule has 0 aromatic heterocycles. The summed E-state index contributed by atoms with van der Waals surface area (Å²) in [6.45, 7) is 1.28. The monoisotopic (exact) mass is 532 g/mol. The van der Waals surface area contributed by atoms with Gasteiger partial charge in [0.05, 0.1) is 30.3 Å². The van der Waals surface area contributed by atoms with Crippen LogP contribution in [0.25, 0.3) is 0 Å². The number of hydrogen-bond acceptors (Lipinski definition) is 6. The first-order valence-corrected chi connectivity index (χ1v) is 14.9. The molecule has 0 radical (unpaired) electrons. The van der Waals surface area contributed by atoms with E-state index in [0.29, 0.717) is 24.3 Å². The van der Waals surface area contributed by atoms with Crippen LogP contribution < -0.4 is 4.74 Å². The molecular weight excluding hydrogens is 509 g/mol. The molecule has 2 aromatic rings. The van der Waals surface area contributed by atoms with E-state index in [9.17, 15) is 17.4 Å². The van der Waals surface area contributed by atoms with Crippen molar-refractivity contribution in [2.75, 3.05) is 26.5 Å². The van der Waals surface area contributed by atoms with E-state index in [4.69, 9.17) is 25.4 Å². The zero-order chi connectivity index (χ0) is 24.4. The largest absolute Gasteiger partial charge is 0.490 e. The molecule has 1 saturated heterocycles. The Labute approximate surface area is 202 Å². The highest BCUT2D eigenvalue weighted by Gasteiger charge is 2.65. The Balaban J connectivity index is 1.78. The second kappa shape index (κ2) is 8.27. The third kappa shape index (κ3) is 3.54. The fraction of sp³-hybridized carbons (Fsp3) is 0.478. The molecule has 2 aromatic carbocycles. The van der Waals surface area contributed by atoms with Gasteiger partial charge in [-0.15, -0.1) is 0 Å². The van der Waals surface area contributed by atoms with Gasteiger partial charge in [-0.05, 0) is 55.7 Å². The highest BCUT2D eigenvalue weighted by molar-refractivity contribution is 7.92. The van der Waals surface area contributed by atoms with Crippen molar-refractivity contribution in [1.82, 2.24) is 0 Å². The lowest BCUT2D eigenvalue weighted by molar-refractivity contribution is -0.0322. The Morgan fingerprint density at radius 2 is 1.74 bits per heavy atom. The van der Waals surface area contributed by atoms with Crippen molar-refractivity contribution in [2.45, 2.75) is 35.3 Å². The van der Waals surface area contributed by atoms with Gasteiger partial charge in [0.25, 0.3) is 0 Å². The SMILES string of the molecule is CP1(=O)OCC[C@]2(CCC[C@@]3(S(=O)(=O)c4ccc(Cl)cc4)c4c(F)ccc(F)c4OC[C@@H]23)CO1. The second-order valence-corrected chi connectivity index (χ2v) is 14.0. The van der Waals surface area contributed by atoms with E-state index in [1.54, 1.807) is 0 Å². The van der Waals surface area contributed by atoms with Gasteiger partial charge < -0.3 is 13.8 Å². The molecule has 5 rings (SSSR count). The Morgan fingerprint density at radius 1 is 1.03 bits per heavy atom. The molecule has 184 valence electrons. The summed E-state index contributed by atoms with van der Waals surface area (Å²) in [4.78, 5) is -0.0394. The molecule has 0 bridgehead atoms. The van der Waals surface area contributed by atoms with Crippen LogP contribution in [0.2, 0.25) is 5.02 Å². The number of fused-ring (bicyclic) bond motifs is 4. The van der Waals surface area contributed by atoms with Crippen molar-refractivity contribution in [3.05, 3.63) is 58.6 Å². The van der Waals surface area contributed by atoms with Gasteiger partial charge in [-0.25, -0.2) is 17.2 Å². The van der Waals surface area contributed by atoms with E-state index in [0.717, 1.165) is 12.1 Å². The second-order valence-electron chi connectivity index (χ2n) is 9.29. The summed E-state index contributed by atoms with van der Waals surface area (Å²) in [5.41, 5.74) is -1.11. The number of ether oxygens (including phenoxy) is 1. The van der Waals surface area contributed by atoms with Gasteiger partial charge in [-0.2, -0.15) is 0 Å². The van der Waals surface area contributed by atoms with Crippen LogP contribution in [-0.4, -0.2) is 34.9 Å². The zero-order valence-corrected chi connectivity index (χ0v) is 20.9. The van der Waals surface area contributed by atoms with Crippen molar-refractivity contribution >= 4 is 29.0 Å². The van der Waals surface area contributed by atoms with Crippen LogP contribution in [0, 0.1) is 23.0 Å². The minimum Gasteiger partial charge on any atom is -0.490 e. The van der Waals surface area contributed by atoms with Crippen LogP contribution in [-0.2, 0) is 28.2 Å². The Morgan fingerprint density at radius 3 is 2.47 bits per heavy atom. The third-order valence-electron chi connectivity index (χ3n) is 7.52. The van der Waals surface area contributed by atoms with Crippen LogP contribution in [0.15, 0.2) is 41.3 Å². The molecule has 0 amide bonds.